The lowest BCUT2D eigenvalue weighted by atomic mass is 9.90. The Morgan fingerprint density at radius 1 is 1.14 bits per heavy atom. The Balaban J connectivity index is 2.16. The zero-order chi connectivity index (χ0) is 15.9. The molecule has 1 unspecified atom stereocenters. The summed E-state index contributed by atoms with van der Waals surface area (Å²) in [6, 6.07) is 7.73. The van der Waals surface area contributed by atoms with Crippen molar-refractivity contribution in [2.45, 2.75) is 50.4 Å². The Morgan fingerprint density at radius 2 is 1.71 bits per heavy atom. The van der Waals surface area contributed by atoms with Crippen LogP contribution in [0.3, 0.4) is 0 Å². The first-order valence-corrected chi connectivity index (χ1v) is 10.4. The van der Waals surface area contributed by atoms with Crippen LogP contribution in [0.2, 0.25) is 0 Å². The van der Waals surface area contributed by atoms with Crippen molar-refractivity contribution in [3.63, 3.8) is 0 Å². The average Bonchev–Trinajstić information content (AvgIpc) is 2.61. The predicted molar refractivity (Wildman–Crippen MR) is 85.8 cm³/mol. The van der Waals surface area contributed by atoms with Crippen LogP contribution >= 0.6 is 10.8 Å². The molecule has 1 aromatic rings. The molecule has 0 N–H and O–H groups in total. The van der Waals surface area contributed by atoms with Gasteiger partial charge in [-0.15, -0.1) is 10.3 Å². The van der Waals surface area contributed by atoms with E-state index in [-0.39, 0.29) is 5.54 Å². The van der Waals surface area contributed by atoms with Crippen LogP contribution in [-0.2, 0) is 25.4 Å². The van der Waals surface area contributed by atoms with E-state index >= 15 is 0 Å². The highest BCUT2D eigenvalue weighted by molar-refractivity contribution is 8.71. The SMILES string of the molecule is CC1(C)CCC(C)(c2ccc(CSS(C)(=O)=O)cc2)N1[O]. The fraction of sp³-hybridized carbons (Fsp3) is 0.600. The second-order valence-electron chi connectivity index (χ2n) is 6.54. The van der Waals surface area contributed by atoms with Gasteiger partial charge in [-0.25, -0.2) is 8.42 Å². The summed E-state index contributed by atoms with van der Waals surface area (Å²) in [5.41, 5.74) is 1.12. The standard InChI is InChI=1S/C15H22NO3S2/c1-14(2)9-10-15(3,16(14)17)13-7-5-12(6-8-13)11-20-21(4,18)19/h5-8H,9-11H2,1-4H3. The van der Waals surface area contributed by atoms with Crippen LogP contribution in [-0.4, -0.2) is 25.3 Å². The summed E-state index contributed by atoms with van der Waals surface area (Å²) in [7, 11) is -2.10. The van der Waals surface area contributed by atoms with Crippen LogP contribution in [0.25, 0.3) is 0 Å². The monoisotopic (exact) mass is 328 g/mol. The average molecular weight is 328 g/mol. The fourth-order valence-corrected chi connectivity index (χ4v) is 4.41. The topological polar surface area (TPSA) is 57.3 Å². The van der Waals surface area contributed by atoms with Crippen molar-refractivity contribution in [1.82, 2.24) is 5.06 Å². The molecule has 0 spiro atoms. The van der Waals surface area contributed by atoms with Crippen molar-refractivity contribution >= 4 is 19.7 Å². The van der Waals surface area contributed by atoms with Gasteiger partial charge in [-0.05, 0) is 55.5 Å². The van der Waals surface area contributed by atoms with Crippen molar-refractivity contribution in [3.8, 4) is 0 Å². The van der Waals surface area contributed by atoms with Crippen molar-refractivity contribution in [1.29, 1.82) is 0 Å². The number of nitrogens with zero attached hydrogens (tertiary/aromatic N) is 1. The molecule has 1 atom stereocenters. The minimum Gasteiger partial charge on any atom is -0.218 e. The van der Waals surface area contributed by atoms with Gasteiger partial charge in [0.15, 0.2) is 8.87 Å². The molecule has 1 aliphatic rings. The molecule has 1 fully saturated rings. The van der Waals surface area contributed by atoms with E-state index in [2.05, 4.69) is 0 Å². The van der Waals surface area contributed by atoms with Gasteiger partial charge in [-0.3, -0.25) is 0 Å². The van der Waals surface area contributed by atoms with Gasteiger partial charge in [-0.1, -0.05) is 24.3 Å². The zero-order valence-electron chi connectivity index (χ0n) is 12.9. The molecular weight excluding hydrogens is 306 g/mol. The molecule has 1 heterocycles. The maximum Gasteiger partial charge on any atom is 0.199 e. The summed E-state index contributed by atoms with van der Waals surface area (Å²) >= 11 is 0. The van der Waals surface area contributed by atoms with Gasteiger partial charge in [0.1, 0.15) is 0 Å². The molecule has 21 heavy (non-hydrogen) atoms. The Bertz CT molecular complexity index is 610. The minimum atomic E-state index is -3.03. The number of hydrogen-bond acceptors (Lipinski definition) is 4. The summed E-state index contributed by atoms with van der Waals surface area (Å²) in [5, 5.41) is 13.7. The molecule has 1 aliphatic heterocycles. The van der Waals surface area contributed by atoms with Gasteiger partial charge in [0.2, 0.25) is 0 Å². The van der Waals surface area contributed by atoms with Gasteiger partial charge in [0.05, 0.1) is 5.54 Å². The van der Waals surface area contributed by atoms with Gasteiger partial charge in [0.25, 0.3) is 0 Å². The molecule has 0 amide bonds. The maximum atomic E-state index is 12.5. The third-order valence-corrected chi connectivity index (χ3v) is 6.75. The maximum absolute atomic E-state index is 12.5. The first-order valence-electron chi connectivity index (χ1n) is 6.96. The first-order chi connectivity index (χ1) is 9.55. The summed E-state index contributed by atoms with van der Waals surface area (Å²) in [6.07, 6.45) is 2.92. The lowest BCUT2D eigenvalue weighted by molar-refractivity contribution is -0.252. The Morgan fingerprint density at radius 3 is 2.14 bits per heavy atom. The molecular formula is C15H22NO3S2. The van der Waals surface area contributed by atoms with E-state index in [1.165, 1.54) is 11.3 Å². The largest absolute Gasteiger partial charge is 0.218 e. The predicted octanol–water partition coefficient (Wildman–Crippen LogP) is 3.31. The zero-order valence-corrected chi connectivity index (χ0v) is 14.6. The molecule has 0 bridgehead atoms. The van der Waals surface area contributed by atoms with E-state index in [0.29, 0.717) is 5.75 Å². The molecule has 0 saturated carbocycles. The van der Waals surface area contributed by atoms with Gasteiger partial charge < -0.3 is 0 Å². The number of hydroxylamine groups is 2. The molecule has 1 saturated heterocycles. The van der Waals surface area contributed by atoms with Crippen LogP contribution in [0.5, 0.6) is 0 Å². The smallest absolute Gasteiger partial charge is 0.199 e. The highest BCUT2D eigenvalue weighted by Gasteiger charge is 2.49. The highest BCUT2D eigenvalue weighted by atomic mass is 33.1. The Hall–Kier alpha value is -0.560. The van der Waals surface area contributed by atoms with Crippen molar-refractivity contribution in [2.24, 2.45) is 0 Å². The third kappa shape index (κ3) is 3.62. The molecule has 4 nitrogen and oxygen atoms in total. The molecule has 1 aromatic carbocycles. The quantitative estimate of drug-likeness (QED) is 0.796. The van der Waals surface area contributed by atoms with E-state index in [9.17, 15) is 13.6 Å². The lowest BCUT2D eigenvalue weighted by Crippen LogP contribution is -2.44. The molecule has 6 heteroatoms. The molecule has 0 aliphatic carbocycles. The Kier molecular flexibility index (Phi) is 4.46. The first kappa shape index (κ1) is 16.8. The van der Waals surface area contributed by atoms with Crippen molar-refractivity contribution in [3.05, 3.63) is 35.4 Å². The molecule has 1 radical (unpaired) electrons. The van der Waals surface area contributed by atoms with E-state index in [4.69, 9.17) is 0 Å². The van der Waals surface area contributed by atoms with E-state index in [0.717, 1.165) is 34.8 Å². The van der Waals surface area contributed by atoms with Gasteiger partial charge in [0, 0.05) is 17.5 Å². The van der Waals surface area contributed by atoms with E-state index in [1.807, 2.05) is 45.0 Å². The third-order valence-electron chi connectivity index (χ3n) is 4.24. The fourth-order valence-electron chi connectivity index (χ4n) is 2.82. The second kappa shape index (κ2) is 5.57. The van der Waals surface area contributed by atoms with Crippen LogP contribution in [0.15, 0.2) is 24.3 Å². The molecule has 0 aromatic heterocycles. The number of benzene rings is 1. The van der Waals surface area contributed by atoms with E-state index in [1.54, 1.807) is 0 Å². The summed E-state index contributed by atoms with van der Waals surface area (Å²) in [5.74, 6) is 0.433. The van der Waals surface area contributed by atoms with Gasteiger partial charge in [-0.2, -0.15) is 0 Å². The summed E-state index contributed by atoms with van der Waals surface area (Å²) < 4.78 is 22.3. The van der Waals surface area contributed by atoms with Crippen LogP contribution in [0.1, 0.15) is 44.7 Å². The molecule has 117 valence electrons. The van der Waals surface area contributed by atoms with Crippen LogP contribution in [0, 0.1) is 0 Å². The normalized spacial score (nSPS) is 26.1. The number of rotatable bonds is 4. The Labute approximate surface area is 130 Å². The van der Waals surface area contributed by atoms with Crippen LogP contribution < -0.4 is 0 Å². The van der Waals surface area contributed by atoms with Crippen LogP contribution in [0.4, 0.5) is 0 Å². The van der Waals surface area contributed by atoms with Crippen molar-refractivity contribution < 1.29 is 13.6 Å². The second-order valence-corrected chi connectivity index (χ2v) is 11.0. The minimum absolute atomic E-state index is 0.334. The van der Waals surface area contributed by atoms with E-state index < -0.39 is 14.4 Å². The van der Waals surface area contributed by atoms with Gasteiger partial charge >= 0.3 is 0 Å². The summed E-state index contributed by atoms with van der Waals surface area (Å²) in [6.45, 7) is 5.93. The molecule has 2 rings (SSSR count). The number of hydrogen-bond donors (Lipinski definition) is 0. The lowest BCUT2D eigenvalue weighted by Gasteiger charge is -2.35. The van der Waals surface area contributed by atoms with Crippen molar-refractivity contribution in [2.75, 3.05) is 6.26 Å². The highest BCUT2D eigenvalue weighted by Crippen LogP contribution is 2.45. The summed E-state index contributed by atoms with van der Waals surface area (Å²) in [4.78, 5) is 0.